The van der Waals surface area contributed by atoms with Crippen molar-refractivity contribution in [1.82, 2.24) is 4.90 Å². The smallest absolute Gasteiger partial charge is 0.0540 e. The second-order valence-corrected chi connectivity index (χ2v) is 6.42. The third kappa shape index (κ3) is 4.74. The van der Waals surface area contributed by atoms with E-state index in [4.69, 9.17) is 17.3 Å². The van der Waals surface area contributed by atoms with Crippen LogP contribution in [-0.2, 0) is 6.54 Å². The first-order valence-corrected chi connectivity index (χ1v) is 7.85. The van der Waals surface area contributed by atoms with Crippen LogP contribution >= 0.6 is 11.6 Å². The molecule has 4 heteroatoms. The topological polar surface area (TPSA) is 49.5 Å². The summed E-state index contributed by atoms with van der Waals surface area (Å²) in [5, 5.41) is 10.6. The molecule has 0 bridgehead atoms. The van der Waals surface area contributed by atoms with Gasteiger partial charge in [0.25, 0.3) is 0 Å². The summed E-state index contributed by atoms with van der Waals surface area (Å²) in [7, 11) is 0. The van der Waals surface area contributed by atoms with Crippen LogP contribution in [0.15, 0.2) is 24.3 Å². The van der Waals surface area contributed by atoms with Crippen molar-refractivity contribution < 1.29 is 5.11 Å². The summed E-state index contributed by atoms with van der Waals surface area (Å²) in [5.74, 6) is 0.501. The zero-order chi connectivity index (χ0) is 14.5. The molecule has 20 heavy (non-hydrogen) atoms. The van der Waals surface area contributed by atoms with Gasteiger partial charge in [0, 0.05) is 30.7 Å². The van der Waals surface area contributed by atoms with Gasteiger partial charge in [0.1, 0.15) is 0 Å². The molecular weight excluding hydrogens is 272 g/mol. The number of halogens is 1. The summed E-state index contributed by atoms with van der Waals surface area (Å²) in [6, 6.07) is 8.21. The first kappa shape index (κ1) is 15.8. The fraction of sp³-hybridized carbons (Fsp3) is 0.625. The molecular formula is C16H25ClN2O. The van der Waals surface area contributed by atoms with E-state index in [1.54, 1.807) is 0 Å². The number of hydrogen-bond acceptors (Lipinski definition) is 3. The fourth-order valence-electron chi connectivity index (χ4n) is 3.05. The average molecular weight is 297 g/mol. The van der Waals surface area contributed by atoms with Crippen molar-refractivity contribution in [2.75, 3.05) is 13.1 Å². The highest BCUT2D eigenvalue weighted by Gasteiger charge is 2.26. The van der Waals surface area contributed by atoms with Gasteiger partial charge in [-0.1, -0.05) is 30.7 Å². The van der Waals surface area contributed by atoms with Crippen molar-refractivity contribution in [2.24, 2.45) is 11.7 Å². The molecule has 1 heterocycles. The quantitative estimate of drug-likeness (QED) is 0.878. The number of benzene rings is 1. The van der Waals surface area contributed by atoms with Gasteiger partial charge in [0.15, 0.2) is 0 Å². The van der Waals surface area contributed by atoms with E-state index < -0.39 is 0 Å². The highest BCUT2D eigenvalue weighted by molar-refractivity contribution is 6.30. The zero-order valence-corrected chi connectivity index (χ0v) is 12.9. The molecule has 1 saturated heterocycles. The molecule has 0 aromatic heterocycles. The molecule has 3 N–H and O–H groups in total. The van der Waals surface area contributed by atoms with E-state index in [2.05, 4.69) is 17.0 Å². The lowest BCUT2D eigenvalue weighted by molar-refractivity contribution is 0.0876. The Kier molecular flexibility index (Phi) is 5.85. The van der Waals surface area contributed by atoms with Gasteiger partial charge in [-0.15, -0.1) is 0 Å². The first-order valence-electron chi connectivity index (χ1n) is 7.47. The minimum Gasteiger partial charge on any atom is -0.393 e. The molecule has 1 fully saturated rings. The Balaban J connectivity index is 1.92. The maximum atomic E-state index is 9.83. The van der Waals surface area contributed by atoms with E-state index in [1.807, 2.05) is 19.1 Å². The highest BCUT2D eigenvalue weighted by atomic mass is 35.5. The number of aliphatic hydroxyl groups excluding tert-OH is 1. The lowest BCUT2D eigenvalue weighted by Gasteiger charge is -2.37. The largest absolute Gasteiger partial charge is 0.393 e. The standard InChI is InChI=1S/C16H25ClN2O/c1-2-16(20)8-13-7-15(18)11-19(10-13)9-12-3-5-14(17)6-4-12/h3-6,13,15-16,20H,2,7-11,18H2,1H3. The van der Waals surface area contributed by atoms with Gasteiger partial charge in [-0.3, -0.25) is 4.90 Å². The summed E-state index contributed by atoms with van der Waals surface area (Å²) in [4.78, 5) is 2.39. The summed E-state index contributed by atoms with van der Waals surface area (Å²) in [6.07, 6.45) is 2.51. The number of piperidine rings is 1. The van der Waals surface area contributed by atoms with Crippen LogP contribution in [0, 0.1) is 5.92 Å². The number of rotatable bonds is 5. The van der Waals surface area contributed by atoms with Crippen molar-refractivity contribution >= 4 is 11.6 Å². The molecule has 3 unspecified atom stereocenters. The second-order valence-electron chi connectivity index (χ2n) is 5.98. The van der Waals surface area contributed by atoms with E-state index in [9.17, 15) is 5.11 Å². The molecule has 1 aliphatic rings. The Morgan fingerprint density at radius 3 is 2.70 bits per heavy atom. The predicted octanol–water partition coefficient (Wildman–Crippen LogP) is 2.65. The molecule has 0 aliphatic carbocycles. The van der Waals surface area contributed by atoms with Gasteiger partial charge in [0.05, 0.1) is 6.10 Å². The van der Waals surface area contributed by atoms with Gasteiger partial charge < -0.3 is 10.8 Å². The minimum atomic E-state index is -0.192. The molecule has 1 aromatic carbocycles. The monoisotopic (exact) mass is 296 g/mol. The van der Waals surface area contributed by atoms with Gasteiger partial charge in [-0.05, 0) is 42.9 Å². The molecule has 0 radical (unpaired) electrons. The molecule has 112 valence electrons. The maximum Gasteiger partial charge on any atom is 0.0540 e. The van der Waals surface area contributed by atoms with Gasteiger partial charge >= 0.3 is 0 Å². The average Bonchev–Trinajstić information content (AvgIpc) is 2.40. The third-order valence-corrected chi connectivity index (χ3v) is 4.29. The van der Waals surface area contributed by atoms with Crippen LogP contribution in [0.2, 0.25) is 5.02 Å². The van der Waals surface area contributed by atoms with Gasteiger partial charge in [-0.25, -0.2) is 0 Å². The molecule has 1 aromatic rings. The van der Waals surface area contributed by atoms with Crippen molar-refractivity contribution in [3.63, 3.8) is 0 Å². The molecule has 3 nitrogen and oxygen atoms in total. The Labute approximate surface area is 126 Å². The van der Waals surface area contributed by atoms with Crippen LogP contribution in [0.3, 0.4) is 0 Å². The van der Waals surface area contributed by atoms with Crippen LogP contribution < -0.4 is 5.73 Å². The Hall–Kier alpha value is -0.610. The number of nitrogens with zero attached hydrogens (tertiary/aromatic N) is 1. The minimum absolute atomic E-state index is 0.192. The maximum absolute atomic E-state index is 9.83. The SMILES string of the molecule is CCC(O)CC1CC(N)CN(Cc2ccc(Cl)cc2)C1. The summed E-state index contributed by atoms with van der Waals surface area (Å²) in [6.45, 7) is 4.89. The van der Waals surface area contributed by atoms with Gasteiger partial charge in [-0.2, -0.15) is 0 Å². The van der Waals surface area contributed by atoms with Crippen molar-refractivity contribution in [3.05, 3.63) is 34.9 Å². The van der Waals surface area contributed by atoms with Crippen molar-refractivity contribution in [1.29, 1.82) is 0 Å². The third-order valence-electron chi connectivity index (χ3n) is 4.04. The normalized spacial score (nSPS) is 25.6. The van der Waals surface area contributed by atoms with E-state index in [0.717, 1.165) is 43.9 Å². The van der Waals surface area contributed by atoms with Crippen molar-refractivity contribution in [3.8, 4) is 0 Å². The predicted molar refractivity (Wildman–Crippen MR) is 83.7 cm³/mol. The van der Waals surface area contributed by atoms with Crippen LogP contribution in [0.25, 0.3) is 0 Å². The van der Waals surface area contributed by atoms with Crippen LogP contribution in [-0.4, -0.2) is 35.2 Å². The zero-order valence-electron chi connectivity index (χ0n) is 12.1. The first-order chi connectivity index (χ1) is 9.56. The molecule has 0 saturated carbocycles. The lowest BCUT2D eigenvalue weighted by atomic mass is 9.89. The van der Waals surface area contributed by atoms with Crippen molar-refractivity contribution in [2.45, 2.75) is 44.9 Å². The molecule has 0 amide bonds. The van der Waals surface area contributed by atoms with Gasteiger partial charge in [0.2, 0.25) is 0 Å². The van der Waals surface area contributed by atoms with E-state index in [0.29, 0.717) is 5.92 Å². The fourth-order valence-corrected chi connectivity index (χ4v) is 3.17. The van der Waals surface area contributed by atoms with Crippen LogP contribution in [0.5, 0.6) is 0 Å². The molecule has 2 rings (SSSR count). The van der Waals surface area contributed by atoms with E-state index >= 15 is 0 Å². The number of likely N-dealkylation sites (tertiary alicyclic amines) is 1. The summed E-state index contributed by atoms with van der Waals surface area (Å²) < 4.78 is 0. The molecule has 1 aliphatic heterocycles. The second kappa shape index (κ2) is 7.41. The van der Waals surface area contributed by atoms with Crippen LogP contribution in [0.4, 0.5) is 0 Å². The molecule has 3 atom stereocenters. The number of aliphatic hydroxyl groups is 1. The highest BCUT2D eigenvalue weighted by Crippen LogP contribution is 2.23. The van der Waals surface area contributed by atoms with E-state index in [-0.39, 0.29) is 12.1 Å². The Morgan fingerprint density at radius 1 is 1.35 bits per heavy atom. The summed E-state index contributed by atoms with van der Waals surface area (Å²) in [5.41, 5.74) is 7.43. The number of hydrogen-bond donors (Lipinski definition) is 2. The summed E-state index contributed by atoms with van der Waals surface area (Å²) >= 11 is 5.91. The number of nitrogens with two attached hydrogens (primary N) is 1. The molecule has 0 spiro atoms. The Bertz CT molecular complexity index is 409. The van der Waals surface area contributed by atoms with Crippen LogP contribution in [0.1, 0.15) is 31.7 Å². The van der Waals surface area contributed by atoms with E-state index in [1.165, 1.54) is 5.56 Å². The lowest BCUT2D eigenvalue weighted by Crippen LogP contribution is -2.47. The Morgan fingerprint density at radius 2 is 2.05 bits per heavy atom.